The lowest BCUT2D eigenvalue weighted by molar-refractivity contribution is 0.0718. The van der Waals surface area contributed by atoms with E-state index < -0.39 is 0 Å². The van der Waals surface area contributed by atoms with Crippen molar-refractivity contribution in [3.8, 4) is 5.75 Å². The molecule has 0 bridgehead atoms. The summed E-state index contributed by atoms with van der Waals surface area (Å²) in [6.45, 7) is 3.12. The summed E-state index contributed by atoms with van der Waals surface area (Å²) < 4.78 is 5.09. The molecule has 0 fully saturated rings. The molecule has 0 unspecified atom stereocenters. The fourth-order valence-electron chi connectivity index (χ4n) is 2.22. The summed E-state index contributed by atoms with van der Waals surface area (Å²) in [5.74, 6) is 0.457. The Labute approximate surface area is 126 Å². The van der Waals surface area contributed by atoms with Crippen molar-refractivity contribution < 1.29 is 14.6 Å². The van der Waals surface area contributed by atoms with Crippen LogP contribution in [0.3, 0.4) is 0 Å². The Morgan fingerprint density at radius 3 is 2.62 bits per heavy atom. The van der Waals surface area contributed by atoms with Crippen molar-refractivity contribution in [2.45, 2.75) is 32.6 Å². The molecule has 0 aliphatic rings. The van der Waals surface area contributed by atoms with E-state index in [0.29, 0.717) is 30.1 Å². The number of hydrogen-bond acceptors (Lipinski definition) is 4. The minimum atomic E-state index is -0.102. The SMILES string of the molecule is CCCCCCN(CCO)C(=O)c1ccc(OC)c(N)c1. The van der Waals surface area contributed by atoms with E-state index in [1.165, 1.54) is 0 Å². The molecule has 0 atom stereocenters. The van der Waals surface area contributed by atoms with Crippen LogP contribution >= 0.6 is 0 Å². The van der Waals surface area contributed by atoms with Crippen LogP contribution in [0.2, 0.25) is 0 Å². The molecule has 0 aliphatic heterocycles. The maximum Gasteiger partial charge on any atom is 0.254 e. The average molecular weight is 294 g/mol. The minimum Gasteiger partial charge on any atom is -0.495 e. The average Bonchev–Trinajstić information content (AvgIpc) is 2.49. The highest BCUT2D eigenvalue weighted by molar-refractivity contribution is 5.95. The molecule has 3 N–H and O–H groups in total. The molecule has 1 aromatic carbocycles. The number of anilines is 1. The molecule has 0 saturated heterocycles. The van der Waals surface area contributed by atoms with Gasteiger partial charge in [0.05, 0.1) is 19.4 Å². The third-order valence-corrected chi connectivity index (χ3v) is 3.42. The van der Waals surface area contributed by atoms with E-state index in [1.807, 2.05) is 0 Å². The maximum atomic E-state index is 12.5. The largest absolute Gasteiger partial charge is 0.495 e. The Hall–Kier alpha value is -1.75. The summed E-state index contributed by atoms with van der Waals surface area (Å²) in [4.78, 5) is 14.1. The van der Waals surface area contributed by atoms with E-state index in [4.69, 9.17) is 15.6 Å². The Bertz CT molecular complexity index is 449. The van der Waals surface area contributed by atoms with Crippen molar-refractivity contribution in [2.75, 3.05) is 32.5 Å². The fourth-order valence-corrected chi connectivity index (χ4v) is 2.22. The van der Waals surface area contributed by atoms with Crippen LogP contribution in [-0.4, -0.2) is 42.7 Å². The van der Waals surface area contributed by atoms with Gasteiger partial charge >= 0.3 is 0 Å². The van der Waals surface area contributed by atoms with Crippen molar-refractivity contribution >= 4 is 11.6 Å². The summed E-state index contributed by atoms with van der Waals surface area (Å²) in [7, 11) is 1.54. The molecule has 0 saturated carbocycles. The summed E-state index contributed by atoms with van der Waals surface area (Å²) in [6, 6.07) is 5.02. The Morgan fingerprint density at radius 1 is 1.29 bits per heavy atom. The summed E-state index contributed by atoms with van der Waals surface area (Å²) >= 11 is 0. The first-order chi connectivity index (χ1) is 10.1. The van der Waals surface area contributed by atoms with E-state index >= 15 is 0 Å². The topological polar surface area (TPSA) is 75.8 Å². The van der Waals surface area contributed by atoms with Gasteiger partial charge in [0.1, 0.15) is 5.75 Å². The second-order valence-electron chi connectivity index (χ2n) is 5.03. The highest BCUT2D eigenvalue weighted by atomic mass is 16.5. The third kappa shape index (κ3) is 5.27. The molecule has 5 heteroatoms. The van der Waals surface area contributed by atoms with Gasteiger partial charge in [-0.3, -0.25) is 4.79 Å². The molecule has 0 aromatic heterocycles. The van der Waals surface area contributed by atoms with Gasteiger partial charge < -0.3 is 20.5 Å². The molecule has 0 aliphatic carbocycles. The lowest BCUT2D eigenvalue weighted by Gasteiger charge is -2.22. The molecule has 21 heavy (non-hydrogen) atoms. The molecule has 5 nitrogen and oxygen atoms in total. The molecule has 118 valence electrons. The van der Waals surface area contributed by atoms with Crippen LogP contribution < -0.4 is 10.5 Å². The Kier molecular flexibility index (Phi) is 7.61. The smallest absolute Gasteiger partial charge is 0.254 e. The second-order valence-corrected chi connectivity index (χ2v) is 5.03. The molecule has 1 amide bonds. The molecule has 0 heterocycles. The Balaban J connectivity index is 2.72. The lowest BCUT2D eigenvalue weighted by atomic mass is 10.1. The first-order valence-electron chi connectivity index (χ1n) is 7.47. The van der Waals surface area contributed by atoms with Crippen LogP contribution in [0.5, 0.6) is 5.75 Å². The van der Waals surface area contributed by atoms with Crippen LogP contribution in [0.25, 0.3) is 0 Å². The number of ether oxygens (including phenoxy) is 1. The van der Waals surface area contributed by atoms with Crippen molar-refractivity contribution in [3.05, 3.63) is 23.8 Å². The monoisotopic (exact) mass is 294 g/mol. The molecular weight excluding hydrogens is 268 g/mol. The normalized spacial score (nSPS) is 10.4. The van der Waals surface area contributed by atoms with E-state index in [1.54, 1.807) is 30.2 Å². The lowest BCUT2D eigenvalue weighted by Crippen LogP contribution is -2.34. The quantitative estimate of drug-likeness (QED) is 0.541. The number of amides is 1. The van der Waals surface area contributed by atoms with Gasteiger partial charge in [0, 0.05) is 18.7 Å². The van der Waals surface area contributed by atoms with Gasteiger partial charge in [-0.2, -0.15) is 0 Å². The number of rotatable bonds is 9. The standard InChI is InChI=1S/C16H26N2O3/c1-3-4-5-6-9-18(10-11-19)16(20)13-7-8-15(21-2)14(17)12-13/h7-8,12,19H,3-6,9-11,17H2,1-2H3. The van der Waals surface area contributed by atoms with Crippen LogP contribution in [0.15, 0.2) is 18.2 Å². The molecular formula is C16H26N2O3. The van der Waals surface area contributed by atoms with E-state index in [9.17, 15) is 4.79 Å². The molecule has 0 radical (unpaired) electrons. The third-order valence-electron chi connectivity index (χ3n) is 3.42. The zero-order chi connectivity index (χ0) is 15.7. The zero-order valence-electron chi connectivity index (χ0n) is 13.0. The summed E-state index contributed by atoms with van der Waals surface area (Å²) in [5.41, 5.74) is 6.81. The molecule has 0 spiro atoms. The van der Waals surface area contributed by atoms with Gasteiger partial charge in [-0.25, -0.2) is 0 Å². The van der Waals surface area contributed by atoms with Crippen LogP contribution in [0, 0.1) is 0 Å². The number of nitrogens with two attached hydrogens (primary N) is 1. The number of unbranched alkanes of at least 4 members (excludes halogenated alkanes) is 3. The number of carbonyl (C=O) groups is 1. The minimum absolute atomic E-state index is 0.0366. The van der Waals surface area contributed by atoms with Crippen molar-refractivity contribution in [1.82, 2.24) is 4.90 Å². The van der Waals surface area contributed by atoms with Crippen LogP contribution in [0.4, 0.5) is 5.69 Å². The molecule has 1 aromatic rings. The van der Waals surface area contributed by atoms with Crippen LogP contribution in [0.1, 0.15) is 43.0 Å². The van der Waals surface area contributed by atoms with E-state index in [-0.39, 0.29) is 12.5 Å². The van der Waals surface area contributed by atoms with Gasteiger partial charge in [-0.05, 0) is 24.6 Å². The number of nitrogen functional groups attached to an aromatic ring is 1. The van der Waals surface area contributed by atoms with Gasteiger partial charge in [0.25, 0.3) is 5.91 Å². The zero-order valence-corrected chi connectivity index (χ0v) is 13.0. The van der Waals surface area contributed by atoms with Gasteiger partial charge in [-0.1, -0.05) is 26.2 Å². The highest BCUT2D eigenvalue weighted by Gasteiger charge is 2.16. The fraction of sp³-hybridized carbons (Fsp3) is 0.562. The van der Waals surface area contributed by atoms with Gasteiger partial charge in [-0.15, -0.1) is 0 Å². The number of nitrogens with zero attached hydrogens (tertiary/aromatic N) is 1. The van der Waals surface area contributed by atoms with E-state index in [2.05, 4.69) is 6.92 Å². The maximum absolute atomic E-state index is 12.5. The van der Waals surface area contributed by atoms with Gasteiger partial charge in [0.15, 0.2) is 0 Å². The first-order valence-corrected chi connectivity index (χ1v) is 7.47. The van der Waals surface area contributed by atoms with Crippen molar-refractivity contribution in [2.24, 2.45) is 0 Å². The highest BCUT2D eigenvalue weighted by Crippen LogP contribution is 2.22. The van der Waals surface area contributed by atoms with Crippen LogP contribution in [-0.2, 0) is 0 Å². The number of aliphatic hydroxyl groups excluding tert-OH is 1. The second kappa shape index (κ2) is 9.23. The predicted octanol–water partition coefficient (Wildman–Crippen LogP) is 2.29. The van der Waals surface area contributed by atoms with Gasteiger partial charge in [0.2, 0.25) is 0 Å². The van der Waals surface area contributed by atoms with E-state index in [0.717, 1.165) is 25.7 Å². The predicted molar refractivity (Wildman–Crippen MR) is 84.5 cm³/mol. The Morgan fingerprint density at radius 2 is 2.05 bits per heavy atom. The number of carbonyl (C=O) groups excluding carboxylic acids is 1. The first kappa shape index (κ1) is 17.3. The number of hydrogen-bond donors (Lipinski definition) is 2. The number of benzene rings is 1. The summed E-state index contributed by atoms with van der Waals surface area (Å²) in [6.07, 6.45) is 4.36. The summed E-state index contributed by atoms with van der Waals surface area (Å²) in [5, 5.41) is 9.13. The number of methoxy groups -OCH3 is 1. The van der Waals surface area contributed by atoms with Crippen molar-refractivity contribution in [1.29, 1.82) is 0 Å². The molecule has 1 rings (SSSR count). The number of aliphatic hydroxyl groups is 1. The van der Waals surface area contributed by atoms with Crippen molar-refractivity contribution in [3.63, 3.8) is 0 Å².